The van der Waals surface area contributed by atoms with E-state index in [1.807, 2.05) is 0 Å². The van der Waals surface area contributed by atoms with Crippen LogP contribution in [0.2, 0.25) is 0 Å². The van der Waals surface area contributed by atoms with Crippen LogP contribution in [0.15, 0.2) is 206 Å². The second kappa shape index (κ2) is 13.2. The van der Waals surface area contributed by atoms with Crippen LogP contribution in [-0.2, 0) is 17.3 Å². The largest absolute Gasteiger partial charge is 0.232 e. The summed E-state index contributed by atoms with van der Waals surface area (Å²) in [5.74, 6) is 1.52. The first-order chi connectivity index (χ1) is 28.2. The van der Waals surface area contributed by atoms with Gasteiger partial charge in [-0.3, -0.25) is 0 Å². The van der Waals surface area contributed by atoms with Gasteiger partial charge < -0.3 is 0 Å². The SMILES string of the molecule is c1ccc(-c2cc(-c3ccccc3)nc(C34Cc5ccccc5C(c5nc(-c6ccccc6)cc(-c6ccccc6)n5)(c5ccccc53)c3ccccc34)n2)cc1. The van der Waals surface area contributed by atoms with Crippen LogP contribution in [0.25, 0.3) is 45.0 Å². The van der Waals surface area contributed by atoms with Crippen LogP contribution in [-0.4, -0.2) is 19.9 Å². The van der Waals surface area contributed by atoms with Crippen molar-refractivity contribution in [3.05, 3.63) is 251 Å². The van der Waals surface area contributed by atoms with Crippen molar-refractivity contribution in [1.29, 1.82) is 0 Å². The molecule has 0 saturated carbocycles. The van der Waals surface area contributed by atoms with Gasteiger partial charge in [-0.2, -0.15) is 0 Å². The lowest BCUT2D eigenvalue weighted by atomic mass is 9.57. The first-order valence-corrected chi connectivity index (χ1v) is 19.5. The van der Waals surface area contributed by atoms with E-state index in [1.165, 1.54) is 22.3 Å². The van der Waals surface area contributed by atoms with Crippen LogP contribution in [0.5, 0.6) is 0 Å². The van der Waals surface area contributed by atoms with E-state index in [0.29, 0.717) is 6.42 Å². The average Bonchev–Trinajstić information content (AvgIpc) is 3.50. The molecule has 4 heteroatoms. The van der Waals surface area contributed by atoms with Gasteiger partial charge in [0.05, 0.1) is 28.2 Å². The van der Waals surface area contributed by atoms with Gasteiger partial charge >= 0.3 is 0 Å². The lowest BCUT2D eigenvalue weighted by Crippen LogP contribution is -2.44. The molecular formula is C53H36N4. The first-order valence-electron chi connectivity index (χ1n) is 19.5. The first kappa shape index (κ1) is 33.1. The van der Waals surface area contributed by atoms with Crippen LogP contribution in [0, 0.1) is 0 Å². The molecule has 0 fully saturated rings. The number of nitrogens with zero attached hydrogens (tertiary/aromatic N) is 4. The Morgan fingerprint density at radius 1 is 0.298 bits per heavy atom. The molecule has 2 bridgehead atoms. The number of hydrogen-bond donors (Lipinski definition) is 0. The molecule has 2 heterocycles. The molecule has 0 atom stereocenters. The molecule has 2 aromatic heterocycles. The molecule has 268 valence electrons. The molecule has 0 N–H and O–H groups in total. The Kier molecular flexibility index (Phi) is 7.65. The topological polar surface area (TPSA) is 51.6 Å². The van der Waals surface area contributed by atoms with Crippen LogP contribution in [0.1, 0.15) is 45.0 Å². The summed E-state index contributed by atoms with van der Waals surface area (Å²) in [6.45, 7) is 0. The maximum absolute atomic E-state index is 5.62. The standard InChI is InChI=1S/C53H36N4/c1-5-19-36(20-6-1)46-33-47(37-21-7-2-8-22-37)55-50(54-46)52-35-40-27-13-14-28-41(40)53(44-31-17-15-29-42(44)52,45-32-18-16-30-43(45)52)51-56-48(38-23-9-3-10-24-38)34-49(57-51)39-25-11-4-12-26-39/h1-34H,35H2. The van der Waals surface area contributed by atoms with E-state index in [-0.39, 0.29) is 0 Å². The fourth-order valence-corrected chi connectivity index (χ4v) is 9.42. The Morgan fingerprint density at radius 2 is 0.614 bits per heavy atom. The third-order valence-corrected chi connectivity index (χ3v) is 11.9. The Morgan fingerprint density at radius 3 is 1.02 bits per heavy atom. The summed E-state index contributed by atoms with van der Waals surface area (Å²) in [6, 6.07) is 72.9. The van der Waals surface area contributed by atoms with Crippen molar-refractivity contribution in [3.8, 4) is 45.0 Å². The van der Waals surface area contributed by atoms with Crippen molar-refractivity contribution in [2.45, 2.75) is 17.3 Å². The molecule has 9 aromatic rings. The summed E-state index contributed by atoms with van der Waals surface area (Å²) in [6.07, 6.45) is 0.662. The lowest BCUT2D eigenvalue weighted by molar-refractivity contribution is 0.537. The molecule has 12 rings (SSSR count). The van der Waals surface area contributed by atoms with Crippen molar-refractivity contribution in [2.24, 2.45) is 0 Å². The second-order valence-electron chi connectivity index (χ2n) is 15.0. The van der Waals surface area contributed by atoms with Gasteiger partial charge in [0, 0.05) is 22.3 Å². The van der Waals surface area contributed by atoms with Gasteiger partial charge in [-0.15, -0.1) is 0 Å². The quantitative estimate of drug-likeness (QED) is 0.171. The van der Waals surface area contributed by atoms with Gasteiger partial charge in [0.25, 0.3) is 0 Å². The van der Waals surface area contributed by atoms with Gasteiger partial charge in [-0.05, 0) is 51.9 Å². The highest BCUT2D eigenvalue weighted by molar-refractivity contribution is 5.77. The summed E-state index contributed by atoms with van der Waals surface area (Å²) in [7, 11) is 0. The zero-order chi connectivity index (χ0) is 37.8. The molecule has 0 unspecified atom stereocenters. The van der Waals surface area contributed by atoms with Gasteiger partial charge in [0.15, 0.2) is 0 Å². The molecule has 4 nitrogen and oxygen atoms in total. The van der Waals surface area contributed by atoms with Crippen molar-refractivity contribution in [1.82, 2.24) is 19.9 Å². The van der Waals surface area contributed by atoms with E-state index in [1.54, 1.807) is 0 Å². The van der Waals surface area contributed by atoms with Gasteiger partial charge in [-0.1, -0.05) is 194 Å². The van der Waals surface area contributed by atoms with Gasteiger partial charge in [0.2, 0.25) is 0 Å². The minimum absolute atomic E-state index is 0.662. The minimum Gasteiger partial charge on any atom is -0.232 e. The summed E-state index contributed by atoms with van der Waals surface area (Å²) in [5, 5.41) is 0. The maximum atomic E-state index is 5.62. The summed E-state index contributed by atoms with van der Waals surface area (Å²) in [4.78, 5) is 22.4. The van der Waals surface area contributed by atoms with Gasteiger partial charge in [0.1, 0.15) is 17.1 Å². The van der Waals surface area contributed by atoms with Crippen LogP contribution in [0.3, 0.4) is 0 Å². The number of benzene rings is 7. The molecule has 7 aromatic carbocycles. The highest BCUT2D eigenvalue weighted by atomic mass is 15.0. The van der Waals surface area contributed by atoms with E-state index in [4.69, 9.17) is 19.9 Å². The van der Waals surface area contributed by atoms with Gasteiger partial charge in [-0.25, -0.2) is 19.9 Å². The van der Waals surface area contributed by atoms with E-state index in [0.717, 1.165) is 67.8 Å². The molecule has 0 spiro atoms. The van der Waals surface area contributed by atoms with E-state index >= 15 is 0 Å². The predicted molar refractivity (Wildman–Crippen MR) is 228 cm³/mol. The summed E-state index contributed by atoms with van der Waals surface area (Å²) >= 11 is 0. The zero-order valence-corrected chi connectivity index (χ0v) is 31.1. The second-order valence-corrected chi connectivity index (χ2v) is 15.0. The zero-order valence-electron chi connectivity index (χ0n) is 31.1. The van der Waals surface area contributed by atoms with E-state index < -0.39 is 10.8 Å². The molecule has 57 heavy (non-hydrogen) atoms. The molecular weight excluding hydrogens is 693 g/mol. The number of rotatable bonds is 6. The third kappa shape index (κ3) is 5.07. The molecule has 0 amide bonds. The Hall–Kier alpha value is -7.30. The molecule has 0 aliphatic heterocycles. The third-order valence-electron chi connectivity index (χ3n) is 11.9. The van der Waals surface area contributed by atoms with Crippen LogP contribution >= 0.6 is 0 Å². The van der Waals surface area contributed by atoms with Crippen LogP contribution < -0.4 is 0 Å². The normalized spacial score (nSPS) is 17.5. The number of aromatic nitrogens is 4. The maximum Gasteiger partial charge on any atom is 0.149 e. The van der Waals surface area contributed by atoms with E-state index in [9.17, 15) is 0 Å². The molecule has 3 aliphatic rings. The predicted octanol–water partition coefficient (Wildman–Crippen LogP) is 11.5. The lowest BCUT2D eigenvalue weighted by Gasteiger charge is -2.45. The molecule has 0 radical (unpaired) electrons. The summed E-state index contributed by atoms with van der Waals surface area (Å²) < 4.78 is 0. The van der Waals surface area contributed by atoms with Crippen molar-refractivity contribution in [3.63, 3.8) is 0 Å². The smallest absolute Gasteiger partial charge is 0.149 e. The number of hydrogen-bond acceptors (Lipinski definition) is 4. The van der Waals surface area contributed by atoms with Crippen molar-refractivity contribution >= 4 is 0 Å². The monoisotopic (exact) mass is 728 g/mol. The Balaban J connectivity index is 1.28. The molecule has 3 aliphatic carbocycles. The van der Waals surface area contributed by atoms with E-state index in [2.05, 4.69) is 206 Å². The minimum atomic E-state index is -0.850. The highest BCUT2D eigenvalue weighted by Gasteiger charge is 2.59. The van der Waals surface area contributed by atoms with Crippen LogP contribution in [0.4, 0.5) is 0 Å². The highest BCUT2D eigenvalue weighted by Crippen LogP contribution is 2.61. The molecule has 0 saturated heterocycles. The Labute approximate surface area is 332 Å². The fraction of sp³-hybridized carbons (Fsp3) is 0.0566. The Bertz CT molecular complexity index is 2760. The van der Waals surface area contributed by atoms with Crippen molar-refractivity contribution < 1.29 is 0 Å². The summed E-state index contributed by atoms with van der Waals surface area (Å²) in [5.41, 5.74) is 13.2. The average molecular weight is 729 g/mol. The van der Waals surface area contributed by atoms with Crippen molar-refractivity contribution in [2.75, 3.05) is 0 Å². The fourth-order valence-electron chi connectivity index (χ4n) is 9.42.